The highest BCUT2D eigenvalue weighted by atomic mass is 35.5. The number of nitrogens with zero attached hydrogens (tertiary/aromatic N) is 3. The summed E-state index contributed by atoms with van der Waals surface area (Å²) in [4.78, 5) is 36.7. The minimum Gasteiger partial charge on any atom is -0.495 e. The molecule has 0 radical (unpaired) electrons. The molecule has 2 aromatic carbocycles. The number of hydrogen-bond acceptors (Lipinski definition) is 5. The van der Waals surface area contributed by atoms with Crippen LogP contribution in [0.25, 0.3) is 0 Å². The molecule has 0 atom stereocenters. The monoisotopic (exact) mass is 476 g/mol. The number of amides is 2. The maximum absolute atomic E-state index is 13.3. The molecular formula is C26H25ClN4O3. The number of ether oxygens (including phenoxy) is 1. The molecule has 4 rings (SSSR count). The molecule has 3 aromatic rings. The summed E-state index contributed by atoms with van der Waals surface area (Å²) in [6, 6.07) is 14.9. The molecule has 7 nitrogen and oxygen atoms in total. The number of anilines is 2. The average molecular weight is 477 g/mol. The van der Waals surface area contributed by atoms with Crippen molar-refractivity contribution in [2.75, 3.05) is 23.9 Å². The van der Waals surface area contributed by atoms with E-state index in [0.717, 1.165) is 17.5 Å². The van der Waals surface area contributed by atoms with Gasteiger partial charge < -0.3 is 10.1 Å². The third kappa shape index (κ3) is 4.94. The van der Waals surface area contributed by atoms with Gasteiger partial charge in [-0.2, -0.15) is 0 Å². The summed E-state index contributed by atoms with van der Waals surface area (Å²) in [6.45, 7) is 3.71. The van der Waals surface area contributed by atoms with Gasteiger partial charge >= 0.3 is 0 Å². The lowest BCUT2D eigenvalue weighted by Crippen LogP contribution is -2.39. The zero-order chi connectivity index (χ0) is 24.2. The van der Waals surface area contributed by atoms with Crippen LogP contribution in [-0.2, 0) is 16.0 Å². The molecule has 2 heterocycles. The number of methoxy groups -OCH3 is 1. The molecular weight excluding hydrogens is 452 g/mol. The van der Waals surface area contributed by atoms with Gasteiger partial charge in [-0.3, -0.25) is 14.5 Å². The summed E-state index contributed by atoms with van der Waals surface area (Å²) >= 11 is 6.16. The van der Waals surface area contributed by atoms with E-state index in [4.69, 9.17) is 21.3 Å². The van der Waals surface area contributed by atoms with Crippen LogP contribution in [0.1, 0.15) is 30.0 Å². The lowest BCUT2D eigenvalue weighted by molar-refractivity contribution is -0.120. The maximum Gasteiger partial charge on any atom is 0.244 e. The highest BCUT2D eigenvalue weighted by molar-refractivity contribution is 6.31. The summed E-state index contributed by atoms with van der Waals surface area (Å²) < 4.78 is 5.34. The van der Waals surface area contributed by atoms with Gasteiger partial charge in [-0.15, -0.1) is 0 Å². The second-order valence-electron chi connectivity index (χ2n) is 7.96. The van der Waals surface area contributed by atoms with Gasteiger partial charge in [-0.1, -0.05) is 42.8 Å². The van der Waals surface area contributed by atoms with E-state index in [1.807, 2.05) is 31.2 Å². The van der Waals surface area contributed by atoms with Gasteiger partial charge in [0.05, 0.1) is 24.9 Å². The van der Waals surface area contributed by atoms with Gasteiger partial charge in [-0.25, -0.2) is 9.98 Å². The van der Waals surface area contributed by atoms with Crippen LogP contribution in [0.5, 0.6) is 5.75 Å². The van der Waals surface area contributed by atoms with Crippen LogP contribution in [-0.4, -0.2) is 36.2 Å². The number of halogens is 1. The topological polar surface area (TPSA) is 83.9 Å². The smallest absolute Gasteiger partial charge is 0.244 e. The van der Waals surface area contributed by atoms with Crippen LogP contribution < -0.4 is 15.0 Å². The van der Waals surface area contributed by atoms with Crippen molar-refractivity contribution in [2.24, 2.45) is 4.99 Å². The molecule has 1 N–H and O–H groups in total. The fourth-order valence-corrected chi connectivity index (χ4v) is 3.90. The Morgan fingerprint density at radius 3 is 2.68 bits per heavy atom. The molecule has 0 bridgehead atoms. The van der Waals surface area contributed by atoms with Crippen molar-refractivity contribution >= 4 is 46.3 Å². The van der Waals surface area contributed by atoms with Gasteiger partial charge in [0, 0.05) is 17.3 Å². The second kappa shape index (κ2) is 10.1. The van der Waals surface area contributed by atoms with Gasteiger partial charge in [0.1, 0.15) is 18.0 Å². The van der Waals surface area contributed by atoms with Gasteiger partial charge in [0.2, 0.25) is 11.8 Å². The summed E-state index contributed by atoms with van der Waals surface area (Å²) in [6.07, 6.45) is 2.57. The molecule has 0 saturated carbocycles. The SMILES string of the molecule is CCc1ccc(C2=Nc3cccnc3N(CC(=O)Nc3cc(C)c(Cl)cc3OC)C(=O)C2)cc1. The number of aromatic nitrogens is 1. The van der Waals surface area contributed by atoms with Crippen LogP contribution in [0.15, 0.2) is 59.7 Å². The van der Waals surface area contributed by atoms with Crippen LogP contribution in [0.2, 0.25) is 5.02 Å². The van der Waals surface area contributed by atoms with E-state index < -0.39 is 0 Å². The maximum atomic E-state index is 13.3. The van der Waals surface area contributed by atoms with E-state index in [0.29, 0.717) is 33.7 Å². The number of hydrogen-bond donors (Lipinski definition) is 1. The van der Waals surface area contributed by atoms with Crippen LogP contribution in [0.4, 0.5) is 17.2 Å². The van der Waals surface area contributed by atoms with E-state index in [9.17, 15) is 9.59 Å². The first kappa shape index (κ1) is 23.4. The van der Waals surface area contributed by atoms with Crippen LogP contribution >= 0.6 is 11.6 Å². The van der Waals surface area contributed by atoms with Crippen molar-refractivity contribution in [3.63, 3.8) is 0 Å². The fourth-order valence-electron chi connectivity index (χ4n) is 3.75. The number of pyridine rings is 1. The largest absolute Gasteiger partial charge is 0.495 e. The van der Waals surface area contributed by atoms with Crippen molar-refractivity contribution in [3.8, 4) is 5.75 Å². The summed E-state index contributed by atoms with van der Waals surface area (Å²) in [5, 5.41) is 3.36. The molecule has 8 heteroatoms. The molecule has 0 spiro atoms. The zero-order valence-electron chi connectivity index (χ0n) is 19.3. The first-order chi connectivity index (χ1) is 16.4. The molecule has 174 valence electrons. The van der Waals surface area contributed by atoms with E-state index in [1.54, 1.807) is 30.5 Å². The van der Waals surface area contributed by atoms with E-state index >= 15 is 0 Å². The highest BCUT2D eigenvalue weighted by Crippen LogP contribution is 2.33. The summed E-state index contributed by atoms with van der Waals surface area (Å²) in [5.41, 5.74) is 4.52. The Bertz CT molecular complexity index is 1270. The van der Waals surface area contributed by atoms with E-state index in [-0.39, 0.29) is 24.8 Å². The number of aliphatic imine (C=N–C) groups is 1. The molecule has 0 unspecified atom stereocenters. The van der Waals surface area contributed by atoms with Crippen LogP contribution in [0, 0.1) is 6.92 Å². The predicted molar refractivity (Wildman–Crippen MR) is 135 cm³/mol. The molecule has 0 saturated heterocycles. The summed E-state index contributed by atoms with van der Waals surface area (Å²) in [7, 11) is 1.50. The van der Waals surface area contributed by atoms with Crippen molar-refractivity contribution in [1.29, 1.82) is 0 Å². The van der Waals surface area contributed by atoms with Crippen molar-refractivity contribution in [2.45, 2.75) is 26.7 Å². The first-order valence-corrected chi connectivity index (χ1v) is 11.3. The number of benzene rings is 2. The fraction of sp³-hybridized carbons (Fsp3) is 0.231. The number of fused-ring (bicyclic) bond motifs is 1. The molecule has 1 aliphatic heterocycles. The molecule has 1 aliphatic rings. The number of carbonyl (C=O) groups excluding carboxylic acids is 2. The molecule has 2 amide bonds. The Morgan fingerprint density at radius 2 is 1.97 bits per heavy atom. The predicted octanol–water partition coefficient (Wildman–Crippen LogP) is 5.11. The molecule has 0 fully saturated rings. The summed E-state index contributed by atoms with van der Waals surface area (Å²) in [5.74, 6) is 0.138. The number of carbonyl (C=O) groups is 2. The number of rotatable bonds is 6. The Hall–Kier alpha value is -3.71. The third-order valence-electron chi connectivity index (χ3n) is 5.65. The molecule has 34 heavy (non-hydrogen) atoms. The van der Waals surface area contributed by atoms with Gasteiger partial charge in [0.15, 0.2) is 5.82 Å². The highest BCUT2D eigenvalue weighted by Gasteiger charge is 2.28. The average Bonchev–Trinajstić information content (AvgIpc) is 2.97. The van der Waals surface area contributed by atoms with E-state index in [1.165, 1.54) is 17.6 Å². The third-order valence-corrected chi connectivity index (χ3v) is 6.06. The molecule has 0 aliphatic carbocycles. The Morgan fingerprint density at radius 1 is 1.21 bits per heavy atom. The lowest BCUT2D eigenvalue weighted by Gasteiger charge is -2.21. The first-order valence-electron chi connectivity index (χ1n) is 11.0. The number of aryl methyl sites for hydroxylation is 2. The van der Waals surface area contributed by atoms with Gasteiger partial charge in [0.25, 0.3) is 0 Å². The lowest BCUT2D eigenvalue weighted by atomic mass is 10.0. The van der Waals surface area contributed by atoms with Crippen LogP contribution in [0.3, 0.4) is 0 Å². The normalized spacial score (nSPS) is 13.1. The molecule has 1 aromatic heterocycles. The Labute approximate surface area is 203 Å². The minimum atomic E-state index is -0.388. The second-order valence-corrected chi connectivity index (χ2v) is 8.37. The Balaban J connectivity index is 1.60. The van der Waals surface area contributed by atoms with Crippen molar-refractivity contribution in [3.05, 3.63) is 76.4 Å². The quantitative estimate of drug-likeness (QED) is 0.535. The Kier molecular flexibility index (Phi) is 6.93. The van der Waals surface area contributed by atoms with Crippen molar-refractivity contribution in [1.82, 2.24) is 4.98 Å². The van der Waals surface area contributed by atoms with Crippen molar-refractivity contribution < 1.29 is 14.3 Å². The van der Waals surface area contributed by atoms with Gasteiger partial charge in [-0.05, 0) is 48.2 Å². The minimum absolute atomic E-state index is 0.0541. The standard InChI is InChI=1S/C26H25ClN4O3/c1-4-17-7-9-18(10-8-17)21-14-25(33)31(26-20(29-21)6-5-11-28-26)15-24(32)30-22-12-16(2)19(27)13-23(22)34-3/h5-13H,4,14-15H2,1-3H3,(H,30,32). The number of nitrogens with one attached hydrogen (secondary N) is 1. The van der Waals surface area contributed by atoms with E-state index in [2.05, 4.69) is 17.2 Å². The zero-order valence-corrected chi connectivity index (χ0v) is 20.0.